The lowest BCUT2D eigenvalue weighted by Gasteiger charge is -2.10. The Hall–Kier alpha value is -3.55. The van der Waals surface area contributed by atoms with Crippen LogP contribution in [0.25, 0.3) is 22.2 Å². The number of fused-ring (bicyclic) bond motifs is 1. The van der Waals surface area contributed by atoms with Crippen molar-refractivity contribution in [3.8, 4) is 11.1 Å². The minimum atomic E-state index is -0.357. The van der Waals surface area contributed by atoms with E-state index < -0.39 is 0 Å². The number of aryl methyl sites for hydroxylation is 2. The molecule has 0 aliphatic heterocycles. The summed E-state index contributed by atoms with van der Waals surface area (Å²) in [5, 5.41) is 7.04. The van der Waals surface area contributed by atoms with Gasteiger partial charge in [0.05, 0.1) is 17.2 Å². The minimum Gasteiger partial charge on any atom is -0.347 e. The van der Waals surface area contributed by atoms with Gasteiger partial charge in [-0.3, -0.25) is 9.48 Å². The van der Waals surface area contributed by atoms with Crippen molar-refractivity contribution in [2.75, 3.05) is 0 Å². The van der Waals surface area contributed by atoms with Gasteiger partial charge in [0.25, 0.3) is 5.91 Å². The van der Waals surface area contributed by atoms with E-state index >= 15 is 0 Å². The van der Waals surface area contributed by atoms with E-state index in [0.29, 0.717) is 17.2 Å². The molecule has 0 bridgehead atoms. The molecule has 0 unspecified atom stereocenters. The summed E-state index contributed by atoms with van der Waals surface area (Å²) in [7, 11) is 3.76. The lowest BCUT2D eigenvalue weighted by atomic mass is 10.0. The first-order valence-corrected chi connectivity index (χ1v) is 11.3. The standard InChI is InChI=1S/C25H27FN6O/c1-31-15-19(14-29-31)18-9-17(10-20(26)12-18)13-28-25(33)23-24-21(7-8-27-23)30-22(32(24)2)11-16-5-3-4-6-16/h7-10,12,14-16H,3-6,11,13H2,1-2H3,(H,28,33). The summed E-state index contributed by atoms with van der Waals surface area (Å²) in [6.45, 7) is 0.189. The van der Waals surface area contributed by atoms with Gasteiger partial charge in [0.1, 0.15) is 11.6 Å². The largest absolute Gasteiger partial charge is 0.347 e. The second kappa shape index (κ2) is 8.77. The summed E-state index contributed by atoms with van der Waals surface area (Å²) >= 11 is 0. The Labute approximate surface area is 191 Å². The number of halogens is 1. The molecule has 1 fully saturated rings. The van der Waals surface area contributed by atoms with E-state index in [0.717, 1.165) is 34.4 Å². The highest BCUT2D eigenvalue weighted by atomic mass is 19.1. The molecule has 7 nitrogen and oxygen atoms in total. The molecule has 1 aliphatic carbocycles. The van der Waals surface area contributed by atoms with Crippen LogP contribution in [0.1, 0.15) is 47.6 Å². The van der Waals surface area contributed by atoms with Crippen LogP contribution in [0.3, 0.4) is 0 Å². The zero-order chi connectivity index (χ0) is 22.9. The fourth-order valence-electron chi connectivity index (χ4n) is 4.78. The molecule has 0 saturated heterocycles. The van der Waals surface area contributed by atoms with Crippen LogP contribution < -0.4 is 5.32 Å². The lowest BCUT2D eigenvalue weighted by molar-refractivity contribution is 0.0947. The summed E-state index contributed by atoms with van der Waals surface area (Å²) < 4.78 is 17.9. The third-order valence-corrected chi connectivity index (χ3v) is 6.48. The fourth-order valence-corrected chi connectivity index (χ4v) is 4.78. The molecule has 1 aliphatic rings. The highest BCUT2D eigenvalue weighted by molar-refractivity contribution is 6.03. The third kappa shape index (κ3) is 4.37. The first-order chi connectivity index (χ1) is 16.0. The Balaban J connectivity index is 1.36. The molecule has 0 atom stereocenters. The highest BCUT2D eigenvalue weighted by Crippen LogP contribution is 2.29. The minimum absolute atomic E-state index is 0.189. The van der Waals surface area contributed by atoms with E-state index in [4.69, 9.17) is 4.98 Å². The van der Waals surface area contributed by atoms with E-state index in [1.54, 1.807) is 17.1 Å². The maximum absolute atomic E-state index is 14.2. The number of carbonyl (C=O) groups excluding carboxylic acids is 1. The van der Waals surface area contributed by atoms with Crippen molar-refractivity contribution in [1.29, 1.82) is 0 Å². The SMILES string of the molecule is Cn1cc(-c2cc(F)cc(CNC(=O)c3nccc4nc(CC5CCCC5)n(C)c34)c2)cn1. The van der Waals surface area contributed by atoms with Gasteiger partial charge in [-0.25, -0.2) is 14.4 Å². The average molecular weight is 447 g/mol. The maximum atomic E-state index is 14.2. The Morgan fingerprint density at radius 2 is 2.00 bits per heavy atom. The van der Waals surface area contributed by atoms with E-state index in [1.807, 2.05) is 37.0 Å². The first kappa shape index (κ1) is 21.3. The monoisotopic (exact) mass is 446 g/mol. The van der Waals surface area contributed by atoms with Gasteiger partial charge in [0.2, 0.25) is 0 Å². The third-order valence-electron chi connectivity index (χ3n) is 6.48. The number of hydrogen-bond acceptors (Lipinski definition) is 4. The molecule has 1 N–H and O–H groups in total. The highest BCUT2D eigenvalue weighted by Gasteiger charge is 2.22. The van der Waals surface area contributed by atoms with Gasteiger partial charge in [0.15, 0.2) is 5.69 Å². The van der Waals surface area contributed by atoms with Crippen LogP contribution in [-0.2, 0) is 27.1 Å². The first-order valence-electron chi connectivity index (χ1n) is 11.3. The summed E-state index contributed by atoms with van der Waals surface area (Å²) in [6.07, 6.45) is 11.1. The molecular weight excluding hydrogens is 419 g/mol. The molecule has 3 aromatic heterocycles. The van der Waals surface area contributed by atoms with Crippen molar-refractivity contribution >= 4 is 16.9 Å². The molecule has 1 saturated carbocycles. The van der Waals surface area contributed by atoms with Crippen LogP contribution in [0, 0.1) is 11.7 Å². The van der Waals surface area contributed by atoms with Crippen molar-refractivity contribution in [1.82, 2.24) is 29.6 Å². The number of imidazole rings is 1. The van der Waals surface area contributed by atoms with E-state index in [1.165, 1.54) is 37.8 Å². The fraction of sp³-hybridized carbons (Fsp3) is 0.360. The number of carbonyl (C=O) groups is 1. The number of hydrogen-bond donors (Lipinski definition) is 1. The van der Waals surface area contributed by atoms with Crippen LogP contribution in [-0.4, -0.2) is 30.2 Å². The summed E-state index contributed by atoms with van der Waals surface area (Å²) in [5.74, 6) is 0.991. The Morgan fingerprint density at radius 3 is 2.76 bits per heavy atom. The number of benzene rings is 1. The smallest absolute Gasteiger partial charge is 0.272 e. The zero-order valence-corrected chi connectivity index (χ0v) is 18.9. The Bertz CT molecular complexity index is 1320. The number of rotatable bonds is 6. The van der Waals surface area contributed by atoms with Gasteiger partial charge in [-0.1, -0.05) is 25.7 Å². The van der Waals surface area contributed by atoms with Crippen molar-refractivity contribution in [3.63, 3.8) is 0 Å². The zero-order valence-electron chi connectivity index (χ0n) is 18.9. The predicted octanol–water partition coefficient (Wildman–Crippen LogP) is 4.17. The molecule has 1 aromatic carbocycles. The molecule has 4 aromatic rings. The Morgan fingerprint density at radius 1 is 1.18 bits per heavy atom. The van der Waals surface area contributed by atoms with Crippen molar-refractivity contribution in [2.24, 2.45) is 20.0 Å². The van der Waals surface area contributed by atoms with Crippen molar-refractivity contribution in [3.05, 3.63) is 65.8 Å². The summed E-state index contributed by atoms with van der Waals surface area (Å²) in [6, 6.07) is 6.60. The van der Waals surface area contributed by atoms with Crippen LogP contribution >= 0.6 is 0 Å². The molecular formula is C25H27FN6O. The topological polar surface area (TPSA) is 77.6 Å². The van der Waals surface area contributed by atoms with Gasteiger partial charge in [-0.15, -0.1) is 0 Å². The van der Waals surface area contributed by atoms with Crippen LogP contribution in [0.15, 0.2) is 42.9 Å². The number of aromatic nitrogens is 5. The average Bonchev–Trinajstić information content (AvgIpc) is 3.54. The quantitative estimate of drug-likeness (QED) is 0.482. The van der Waals surface area contributed by atoms with Crippen molar-refractivity contribution < 1.29 is 9.18 Å². The maximum Gasteiger partial charge on any atom is 0.272 e. The Kier molecular flexibility index (Phi) is 5.66. The van der Waals surface area contributed by atoms with Gasteiger partial charge >= 0.3 is 0 Å². The summed E-state index contributed by atoms with van der Waals surface area (Å²) in [4.78, 5) is 22.2. The lowest BCUT2D eigenvalue weighted by Crippen LogP contribution is -2.24. The van der Waals surface area contributed by atoms with Gasteiger partial charge in [-0.2, -0.15) is 5.10 Å². The van der Waals surface area contributed by atoms with E-state index in [2.05, 4.69) is 15.4 Å². The van der Waals surface area contributed by atoms with Crippen LogP contribution in [0.5, 0.6) is 0 Å². The predicted molar refractivity (Wildman–Crippen MR) is 124 cm³/mol. The number of pyridine rings is 1. The molecule has 170 valence electrons. The van der Waals surface area contributed by atoms with Crippen LogP contribution in [0.4, 0.5) is 4.39 Å². The molecule has 0 spiro atoms. The molecule has 33 heavy (non-hydrogen) atoms. The summed E-state index contributed by atoms with van der Waals surface area (Å²) in [5.41, 5.74) is 4.05. The molecule has 5 rings (SSSR count). The van der Waals surface area contributed by atoms with Crippen LogP contribution in [0.2, 0.25) is 0 Å². The van der Waals surface area contributed by atoms with E-state index in [9.17, 15) is 9.18 Å². The van der Waals surface area contributed by atoms with Crippen molar-refractivity contribution in [2.45, 2.75) is 38.6 Å². The van der Waals surface area contributed by atoms with E-state index in [-0.39, 0.29) is 18.3 Å². The van der Waals surface area contributed by atoms with Gasteiger partial charge in [-0.05, 0) is 41.3 Å². The second-order valence-corrected chi connectivity index (χ2v) is 8.90. The number of nitrogens with zero attached hydrogens (tertiary/aromatic N) is 5. The molecule has 0 radical (unpaired) electrons. The normalized spacial score (nSPS) is 14.3. The second-order valence-electron chi connectivity index (χ2n) is 8.90. The number of nitrogens with one attached hydrogen (secondary N) is 1. The number of amides is 1. The molecule has 1 amide bonds. The van der Waals surface area contributed by atoms with Gasteiger partial charge < -0.3 is 9.88 Å². The van der Waals surface area contributed by atoms with Gasteiger partial charge in [0, 0.05) is 45.0 Å². The molecule has 8 heteroatoms. The molecule has 3 heterocycles.